The summed E-state index contributed by atoms with van der Waals surface area (Å²) in [5.41, 5.74) is 2.25. The van der Waals surface area contributed by atoms with Crippen LogP contribution in [0.4, 0.5) is 5.69 Å². The van der Waals surface area contributed by atoms with E-state index in [1.165, 1.54) is 32.4 Å². The molecule has 0 spiro atoms. The monoisotopic (exact) mass is 1000 g/mol. The van der Waals surface area contributed by atoms with Crippen molar-refractivity contribution in [3.63, 3.8) is 0 Å². The Morgan fingerprint density at radius 1 is 0.930 bits per heavy atom. The molecule has 2 aromatic rings. The average Bonchev–Trinajstić information content (AvgIpc) is 3.81. The van der Waals surface area contributed by atoms with E-state index in [2.05, 4.69) is 10.3 Å². The van der Waals surface area contributed by atoms with Crippen LogP contribution in [0, 0.1) is 33.8 Å². The van der Waals surface area contributed by atoms with Gasteiger partial charge in [0.25, 0.3) is 5.69 Å². The molecule has 5 rings (SSSR count). The topological polar surface area (TPSA) is 274 Å². The highest BCUT2D eigenvalue weighted by atomic mass is 16.7. The third-order valence-electron chi connectivity index (χ3n) is 14.1. The second-order valence-corrected chi connectivity index (χ2v) is 19.3. The molecule has 396 valence electrons. The minimum absolute atomic E-state index is 0.0134. The van der Waals surface area contributed by atoms with Gasteiger partial charge in [0, 0.05) is 76.2 Å². The number of likely N-dealkylation sites (N-methyl/N-ethyl adjacent to an activating group) is 1. The van der Waals surface area contributed by atoms with E-state index in [1.807, 2.05) is 13.0 Å². The Bertz CT molecular complexity index is 2090. The molecule has 0 aliphatic carbocycles. The van der Waals surface area contributed by atoms with Gasteiger partial charge in [-0.15, -0.1) is 5.10 Å². The summed E-state index contributed by atoms with van der Waals surface area (Å²) in [6.07, 6.45) is -3.70. The number of carbonyl (C=O) groups excluding carboxylic acids is 3. The van der Waals surface area contributed by atoms with Crippen molar-refractivity contribution in [2.24, 2.45) is 23.7 Å². The fraction of sp³-hybridized carbons (Fsp3) is 0.700. The van der Waals surface area contributed by atoms with Crippen LogP contribution in [-0.2, 0) is 66.9 Å². The zero-order valence-electron chi connectivity index (χ0n) is 42.3. The second-order valence-electron chi connectivity index (χ2n) is 19.3. The number of cyclic esters (lactones) is 1. The Hall–Kier alpha value is -4.39. The summed E-state index contributed by atoms with van der Waals surface area (Å²) in [6.45, 7) is 11.2. The molecular formula is C50H75N5O16. The molecule has 17 atom stereocenters. The third kappa shape index (κ3) is 15.3. The number of nitrogens with zero attached hydrogens (tertiary/aromatic N) is 5. The second kappa shape index (κ2) is 27.1. The molecule has 21 heteroatoms. The lowest BCUT2D eigenvalue weighted by Gasteiger charge is -2.47. The lowest BCUT2D eigenvalue weighted by atomic mass is 9.79. The SMILES string of the molecule is CC[C@H]1OC(=O)C[C@@H](O)[C@H](C)[C@@H](OC2OC(C)C(O)C(N(C)CCc3cn(CCc4ccc([N+](=O)[O-])cc4)nn3)C2O)[C@@H](CC=O)C[C@@H](C)C(=O)C=CC(C)=C[C@@H]1COC1OC(C)C(O)C(OC)C1OC. The number of ether oxygens (including phenoxy) is 7. The number of aromatic nitrogens is 3. The Kier molecular flexibility index (Phi) is 21.9. The van der Waals surface area contributed by atoms with Crippen LogP contribution in [0.5, 0.6) is 0 Å². The standard InChI is InChI=1S/C50H75N5O16/c1-10-40-35(27-67-50-48(66-9)47(65-8)44(61)32(6)69-50)23-28(2)11-16-38(57)29(3)24-34(19-22-56)46(30(4)39(58)25-41(59)70-40)71-49-45(62)42(43(60)31(5)68-49)53(7)20-18-36-26-54(52-51-36)21-17-33-12-14-37(15-13-33)55(63)64/h11-16,22-23,26,29-32,34-35,39-40,42-50,58,60-62H,10,17-21,24-25,27H2,1-9H3/t29-,30+,31?,32?,34+,35-,39-,40-,42?,43?,44?,45?,46-,47?,48?,49?,50?/m1/s1. The van der Waals surface area contributed by atoms with Gasteiger partial charge >= 0.3 is 5.97 Å². The first-order chi connectivity index (χ1) is 33.8. The molecule has 3 aliphatic heterocycles. The van der Waals surface area contributed by atoms with Gasteiger partial charge in [0.1, 0.15) is 36.8 Å². The Morgan fingerprint density at radius 2 is 1.61 bits per heavy atom. The van der Waals surface area contributed by atoms with Crippen molar-refractivity contribution in [3.8, 4) is 0 Å². The van der Waals surface area contributed by atoms with Crippen molar-refractivity contribution >= 4 is 23.7 Å². The third-order valence-corrected chi connectivity index (χ3v) is 14.1. The quantitative estimate of drug-likeness (QED) is 0.0723. The smallest absolute Gasteiger partial charge is 0.308 e. The summed E-state index contributed by atoms with van der Waals surface area (Å²) < 4.78 is 43.9. The number of hydrogen-bond donors (Lipinski definition) is 4. The minimum Gasteiger partial charge on any atom is -0.462 e. The number of aliphatic hydroxyl groups is 4. The van der Waals surface area contributed by atoms with E-state index in [9.17, 15) is 44.9 Å². The van der Waals surface area contributed by atoms with Crippen LogP contribution in [0.25, 0.3) is 0 Å². The molecule has 1 aromatic heterocycles. The van der Waals surface area contributed by atoms with Crippen LogP contribution in [0.1, 0.15) is 78.5 Å². The minimum atomic E-state index is -1.44. The summed E-state index contributed by atoms with van der Waals surface area (Å²) in [7, 11) is 4.66. The van der Waals surface area contributed by atoms with Crippen LogP contribution in [-0.4, -0.2) is 177 Å². The van der Waals surface area contributed by atoms with Crippen molar-refractivity contribution in [1.82, 2.24) is 19.9 Å². The van der Waals surface area contributed by atoms with Gasteiger partial charge in [0.2, 0.25) is 0 Å². The number of esters is 1. The summed E-state index contributed by atoms with van der Waals surface area (Å²) in [5, 5.41) is 65.4. The molecule has 0 bridgehead atoms. The first-order valence-electron chi connectivity index (χ1n) is 24.5. The zero-order chi connectivity index (χ0) is 52.1. The van der Waals surface area contributed by atoms with Gasteiger partial charge < -0.3 is 58.4 Å². The molecular weight excluding hydrogens is 927 g/mol. The number of benzene rings is 1. The van der Waals surface area contributed by atoms with E-state index < -0.39 is 121 Å². The number of carbonyl (C=O) groups is 3. The fourth-order valence-electron chi connectivity index (χ4n) is 9.70. The van der Waals surface area contributed by atoms with Gasteiger partial charge in [-0.05, 0) is 64.6 Å². The first-order valence-corrected chi connectivity index (χ1v) is 24.5. The average molecular weight is 1000 g/mol. The van der Waals surface area contributed by atoms with E-state index in [0.717, 1.165) is 5.56 Å². The predicted molar refractivity (Wildman–Crippen MR) is 255 cm³/mol. The summed E-state index contributed by atoms with van der Waals surface area (Å²) in [4.78, 5) is 52.3. The van der Waals surface area contributed by atoms with Gasteiger partial charge in [0.05, 0.1) is 60.2 Å². The normalized spacial score (nSPS) is 34.7. The van der Waals surface area contributed by atoms with E-state index in [1.54, 1.807) is 75.7 Å². The Morgan fingerprint density at radius 3 is 2.25 bits per heavy atom. The largest absolute Gasteiger partial charge is 0.462 e. The number of nitro groups is 1. The number of ketones is 1. The molecule has 2 fully saturated rings. The molecule has 2 saturated heterocycles. The van der Waals surface area contributed by atoms with E-state index in [-0.39, 0.29) is 30.9 Å². The lowest BCUT2D eigenvalue weighted by Crippen LogP contribution is -2.64. The number of rotatable bonds is 18. The van der Waals surface area contributed by atoms with Crippen LogP contribution in [0.15, 0.2) is 54.3 Å². The highest BCUT2D eigenvalue weighted by molar-refractivity contribution is 5.91. The van der Waals surface area contributed by atoms with Gasteiger partial charge in [-0.2, -0.15) is 0 Å². The van der Waals surface area contributed by atoms with Crippen molar-refractivity contribution in [3.05, 3.63) is 75.6 Å². The molecule has 3 aliphatic rings. The van der Waals surface area contributed by atoms with Gasteiger partial charge in [-0.25, -0.2) is 0 Å². The molecule has 1 aromatic carbocycles. The van der Waals surface area contributed by atoms with Gasteiger partial charge in [-0.1, -0.05) is 55.8 Å². The van der Waals surface area contributed by atoms with E-state index >= 15 is 0 Å². The number of aliphatic hydroxyl groups excluding tert-OH is 4. The number of aldehydes is 1. The molecule has 4 N–H and O–H groups in total. The lowest BCUT2D eigenvalue weighted by molar-refractivity contribution is -0.384. The highest BCUT2D eigenvalue weighted by Gasteiger charge is 2.48. The number of allylic oxidation sites excluding steroid dienone is 3. The van der Waals surface area contributed by atoms with Crippen molar-refractivity contribution in [2.75, 3.05) is 34.4 Å². The molecule has 0 saturated carbocycles. The van der Waals surface area contributed by atoms with Gasteiger partial charge in [-0.3, -0.25) is 29.3 Å². The fourth-order valence-corrected chi connectivity index (χ4v) is 9.70. The van der Waals surface area contributed by atoms with Crippen LogP contribution in [0.3, 0.4) is 0 Å². The van der Waals surface area contributed by atoms with Crippen molar-refractivity contribution in [2.45, 2.75) is 166 Å². The molecule has 0 amide bonds. The number of hydrogen-bond acceptors (Lipinski definition) is 19. The van der Waals surface area contributed by atoms with Crippen LogP contribution in [0.2, 0.25) is 0 Å². The Labute approximate surface area is 415 Å². The number of non-ortho nitro benzene ring substituents is 1. The molecule has 0 radical (unpaired) electrons. The summed E-state index contributed by atoms with van der Waals surface area (Å²) >= 11 is 0. The van der Waals surface area contributed by atoms with Crippen molar-refractivity contribution in [1.29, 1.82) is 0 Å². The maximum absolute atomic E-state index is 13.8. The molecule has 21 nitrogen and oxygen atoms in total. The number of aryl methyl sites for hydroxylation is 2. The summed E-state index contributed by atoms with van der Waals surface area (Å²) in [6, 6.07) is 5.41. The first kappa shape index (κ1) is 57.5. The van der Waals surface area contributed by atoms with Crippen molar-refractivity contribution < 1.29 is 72.9 Å². The Balaban J connectivity index is 1.32. The number of nitro benzene ring substituents is 1. The molecule has 71 heavy (non-hydrogen) atoms. The number of methoxy groups -OCH3 is 2. The zero-order valence-corrected chi connectivity index (χ0v) is 42.3. The predicted octanol–water partition coefficient (Wildman–Crippen LogP) is 2.92. The van der Waals surface area contributed by atoms with Gasteiger partial charge in [0.15, 0.2) is 18.4 Å². The van der Waals surface area contributed by atoms with Crippen LogP contribution < -0.4 is 0 Å². The van der Waals surface area contributed by atoms with Crippen LogP contribution >= 0.6 is 0 Å². The van der Waals surface area contributed by atoms with E-state index in [4.69, 9.17) is 33.2 Å². The highest BCUT2D eigenvalue weighted by Crippen LogP contribution is 2.35. The maximum Gasteiger partial charge on any atom is 0.308 e. The van der Waals surface area contributed by atoms with E-state index in [0.29, 0.717) is 49.9 Å². The summed E-state index contributed by atoms with van der Waals surface area (Å²) in [5.74, 6) is -3.70. The molecule has 4 heterocycles. The molecule has 10 unspecified atom stereocenters. The maximum atomic E-state index is 13.8.